The number of hydrogen-bond donors (Lipinski definition) is 2. The van der Waals surface area contributed by atoms with Gasteiger partial charge in [-0.05, 0) is 6.92 Å². The van der Waals surface area contributed by atoms with E-state index in [9.17, 15) is 0 Å². The molecular weight excluding hydrogens is 256 g/mol. The lowest BCUT2D eigenvalue weighted by Crippen LogP contribution is -2.37. The maximum atomic E-state index is 9.01. The molecule has 2 N–H and O–H groups in total. The van der Waals surface area contributed by atoms with Crippen molar-refractivity contribution >= 4 is 23.4 Å². The number of nitrogens with one attached hydrogen (secondary N) is 1. The number of aromatic nitrogens is 2. The molecule has 7 heteroatoms. The Labute approximate surface area is 111 Å². The topological polar surface area (TPSA) is 70.5 Å². The first-order chi connectivity index (χ1) is 8.69. The van der Waals surface area contributed by atoms with Crippen LogP contribution in [0.2, 0.25) is 5.15 Å². The van der Waals surface area contributed by atoms with Gasteiger partial charge in [-0.2, -0.15) is 4.98 Å². The number of morpholine rings is 1. The number of anilines is 2. The summed E-state index contributed by atoms with van der Waals surface area (Å²) in [7, 11) is 0. The molecule has 6 nitrogen and oxygen atoms in total. The molecule has 0 aliphatic carbocycles. The smallest absolute Gasteiger partial charge is 0.226 e. The second-order valence-corrected chi connectivity index (χ2v) is 4.59. The first-order valence-electron chi connectivity index (χ1n) is 5.93. The van der Waals surface area contributed by atoms with Crippen molar-refractivity contribution in [2.45, 2.75) is 13.0 Å². The van der Waals surface area contributed by atoms with Crippen LogP contribution in [0.4, 0.5) is 11.8 Å². The van der Waals surface area contributed by atoms with E-state index in [4.69, 9.17) is 21.4 Å². The molecule has 18 heavy (non-hydrogen) atoms. The Bertz CT molecular complexity index is 399. The van der Waals surface area contributed by atoms with Crippen molar-refractivity contribution in [3.63, 3.8) is 0 Å². The van der Waals surface area contributed by atoms with Gasteiger partial charge in [-0.15, -0.1) is 0 Å². The number of ether oxygens (including phenoxy) is 1. The van der Waals surface area contributed by atoms with Crippen LogP contribution in [0.25, 0.3) is 0 Å². The van der Waals surface area contributed by atoms with Crippen LogP contribution in [0.3, 0.4) is 0 Å². The van der Waals surface area contributed by atoms with Crippen molar-refractivity contribution in [3.8, 4) is 0 Å². The van der Waals surface area contributed by atoms with Gasteiger partial charge in [-0.1, -0.05) is 11.6 Å². The minimum Gasteiger partial charge on any atom is -0.394 e. The molecule has 1 atom stereocenters. The molecule has 1 aromatic heterocycles. The van der Waals surface area contributed by atoms with E-state index < -0.39 is 0 Å². The van der Waals surface area contributed by atoms with Gasteiger partial charge in [0.05, 0.1) is 19.8 Å². The minimum absolute atomic E-state index is 0.0166. The zero-order chi connectivity index (χ0) is 13.0. The Morgan fingerprint density at radius 2 is 2.22 bits per heavy atom. The molecule has 1 unspecified atom stereocenters. The maximum Gasteiger partial charge on any atom is 0.226 e. The summed E-state index contributed by atoms with van der Waals surface area (Å²) in [6, 6.07) is 1.63. The first kappa shape index (κ1) is 13.3. The summed E-state index contributed by atoms with van der Waals surface area (Å²) in [5, 5.41) is 12.4. The number of nitrogens with zero attached hydrogens (tertiary/aromatic N) is 3. The fourth-order valence-corrected chi connectivity index (χ4v) is 1.87. The van der Waals surface area contributed by atoms with Crippen LogP contribution in [0.1, 0.15) is 6.92 Å². The molecule has 0 saturated carbocycles. The lowest BCUT2D eigenvalue weighted by molar-refractivity contribution is 0.122. The molecule has 0 bridgehead atoms. The average Bonchev–Trinajstić information content (AvgIpc) is 2.39. The molecule has 1 aromatic rings. The summed E-state index contributed by atoms with van der Waals surface area (Å²) in [5.41, 5.74) is 0. The Hall–Kier alpha value is -1.11. The third-order valence-corrected chi connectivity index (χ3v) is 2.86. The third-order valence-electron chi connectivity index (χ3n) is 2.67. The highest BCUT2D eigenvalue weighted by molar-refractivity contribution is 6.29. The summed E-state index contributed by atoms with van der Waals surface area (Å²) in [5.74, 6) is 1.22. The van der Waals surface area contributed by atoms with Gasteiger partial charge >= 0.3 is 0 Å². The van der Waals surface area contributed by atoms with E-state index >= 15 is 0 Å². The highest BCUT2D eigenvalue weighted by atomic mass is 35.5. The average molecular weight is 273 g/mol. The van der Waals surface area contributed by atoms with E-state index in [2.05, 4.69) is 20.2 Å². The minimum atomic E-state index is -0.110. The van der Waals surface area contributed by atoms with Crippen molar-refractivity contribution in [2.75, 3.05) is 43.1 Å². The second-order valence-electron chi connectivity index (χ2n) is 4.20. The molecule has 1 aliphatic heterocycles. The normalized spacial score (nSPS) is 17.6. The standard InChI is InChI=1S/C11H17ClN4O2/c1-8(7-17)13-11-14-9(12)6-10(15-11)16-2-4-18-5-3-16/h6,8,17H,2-5,7H2,1H3,(H,13,14,15). The summed E-state index contributed by atoms with van der Waals surface area (Å²) >= 11 is 5.98. The Morgan fingerprint density at radius 3 is 2.89 bits per heavy atom. The molecule has 0 amide bonds. The molecule has 0 radical (unpaired) electrons. The summed E-state index contributed by atoms with van der Waals surface area (Å²) in [6.45, 7) is 4.83. The first-order valence-corrected chi connectivity index (χ1v) is 6.31. The molecule has 0 spiro atoms. The lowest BCUT2D eigenvalue weighted by atomic mass is 10.4. The van der Waals surface area contributed by atoms with Gasteiger partial charge in [-0.25, -0.2) is 4.98 Å². The van der Waals surface area contributed by atoms with Crippen LogP contribution in [0.5, 0.6) is 0 Å². The van der Waals surface area contributed by atoms with E-state index in [1.165, 1.54) is 0 Å². The van der Waals surface area contributed by atoms with Gasteiger partial charge in [-0.3, -0.25) is 0 Å². The largest absolute Gasteiger partial charge is 0.394 e. The van der Waals surface area contributed by atoms with E-state index in [0.717, 1.165) is 18.9 Å². The van der Waals surface area contributed by atoms with Crippen molar-refractivity contribution in [3.05, 3.63) is 11.2 Å². The second kappa shape index (κ2) is 6.17. The van der Waals surface area contributed by atoms with Crippen molar-refractivity contribution in [2.24, 2.45) is 0 Å². The number of halogens is 1. The molecule has 1 aliphatic rings. The number of hydrogen-bond acceptors (Lipinski definition) is 6. The fraction of sp³-hybridized carbons (Fsp3) is 0.636. The van der Waals surface area contributed by atoms with E-state index in [0.29, 0.717) is 24.3 Å². The third kappa shape index (κ3) is 3.44. The monoisotopic (exact) mass is 272 g/mol. The van der Waals surface area contributed by atoms with Gasteiger partial charge in [0, 0.05) is 25.2 Å². The van der Waals surface area contributed by atoms with Crippen LogP contribution >= 0.6 is 11.6 Å². The highest BCUT2D eigenvalue weighted by Gasteiger charge is 2.15. The number of aliphatic hydroxyl groups excluding tert-OH is 1. The summed E-state index contributed by atoms with van der Waals surface area (Å²) in [6.07, 6.45) is 0. The molecular formula is C11H17ClN4O2. The zero-order valence-corrected chi connectivity index (χ0v) is 11.0. The van der Waals surface area contributed by atoms with Crippen LogP contribution in [0, 0.1) is 0 Å². The predicted molar refractivity (Wildman–Crippen MR) is 70.2 cm³/mol. The van der Waals surface area contributed by atoms with E-state index in [1.54, 1.807) is 6.07 Å². The Morgan fingerprint density at radius 1 is 1.50 bits per heavy atom. The van der Waals surface area contributed by atoms with Crippen LogP contribution in [-0.2, 0) is 4.74 Å². The van der Waals surface area contributed by atoms with Crippen LogP contribution < -0.4 is 10.2 Å². The number of aliphatic hydroxyl groups is 1. The van der Waals surface area contributed by atoms with Gasteiger partial charge in [0.2, 0.25) is 5.95 Å². The molecule has 1 fully saturated rings. The molecule has 100 valence electrons. The van der Waals surface area contributed by atoms with Crippen LogP contribution in [0.15, 0.2) is 6.07 Å². The zero-order valence-electron chi connectivity index (χ0n) is 10.3. The highest BCUT2D eigenvalue weighted by Crippen LogP contribution is 2.19. The maximum absolute atomic E-state index is 9.01. The van der Waals surface area contributed by atoms with Gasteiger partial charge in [0.25, 0.3) is 0 Å². The fourth-order valence-electron chi connectivity index (χ4n) is 1.69. The summed E-state index contributed by atoms with van der Waals surface area (Å²) < 4.78 is 5.30. The molecule has 2 heterocycles. The number of rotatable bonds is 4. The van der Waals surface area contributed by atoms with Crippen molar-refractivity contribution < 1.29 is 9.84 Å². The summed E-state index contributed by atoms with van der Waals surface area (Å²) in [4.78, 5) is 10.6. The SMILES string of the molecule is CC(CO)Nc1nc(Cl)cc(N2CCOCC2)n1. The lowest BCUT2D eigenvalue weighted by Gasteiger charge is -2.28. The van der Waals surface area contributed by atoms with Crippen molar-refractivity contribution in [1.29, 1.82) is 0 Å². The van der Waals surface area contributed by atoms with Gasteiger partial charge < -0.3 is 20.1 Å². The Kier molecular flexibility index (Phi) is 4.57. The quantitative estimate of drug-likeness (QED) is 0.789. The van der Waals surface area contributed by atoms with E-state index in [-0.39, 0.29) is 12.6 Å². The van der Waals surface area contributed by atoms with Gasteiger partial charge in [0.1, 0.15) is 11.0 Å². The molecule has 1 saturated heterocycles. The molecule has 2 rings (SSSR count). The Balaban J connectivity index is 2.14. The van der Waals surface area contributed by atoms with E-state index in [1.807, 2.05) is 6.92 Å². The van der Waals surface area contributed by atoms with Crippen LogP contribution in [-0.4, -0.2) is 54.0 Å². The molecule has 0 aromatic carbocycles. The van der Waals surface area contributed by atoms with Crippen molar-refractivity contribution in [1.82, 2.24) is 9.97 Å². The predicted octanol–water partition coefficient (Wildman–Crippen LogP) is 0.759. The van der Waals surface area contributed by atoms with Gasteiger partial charge in [0.15, 0.2) is 0 Å².